The molecule has 0 aromatic carbocycles. The van der Waals surface area contributed by atoms with E-state index in [0.717, 1.165) is 31.9 Å². The normalized spacial score (nSPS) is 25.8. The second-order valence-electron chi connectivity index (χ2n) is 6.11. The number of ether oxygens (including phenoxy) is 1. The molecule has 0 radical (unpaired) electrons. The molecule has 2 saturated heterocycles. The first-order valence-corrected chi connectivity index (χ1v) is 8.38. The maximum atomic E-state index is 9.50. The average Bonchev–Trinajstić information content (AvgIpc) is 3.17. The second-order valence-corrected chi connectivity index (χ2v) is 6.11. The number of nitrogens with zero attached hydrogens (tertiary/aromatic N) is 4. The van der Waals surface area contributed by atoms with Gasteiger partial charge in [0.05, 0.1) is 13.2 Å². The predicted molar refractivity (Wildman–Crippen MR) is 85.2 cm³/mol. The Morgan fingerprint density at radius 3 is 2.86 bits per heavy atom. The van der Waals surface area contributed by atoms with Gasteiger partial charge in [-0.2, -0.15) is 0 Å². The SMILES string of the molecule is CCOc1cc(N2CCC[C@@H]2CN2CCC[C@@H]2CO)ncn1. The number of anilines is 1. The van der Waals surface area contributed by atoms with Gasteiger partial charge in [-0.3, -0.25) is 4.90 Å². The van der Waals surface area contributed by atoms with E-state index < -0.39 is 0 Å². The molecule has 3 rings (SSSR count). The molecule has 6 heteroatoms. The van der Waals surface area contributed by atoms with E-state index in [9.17, 15) is 5.11 Å². The fourth-order valence-electron chi connectivity index (χ4n) is 3.65. The minimum Gasteiger partial charge on any atom is -0.478 e. The van der Waals surface area contributed by atoms with Crippen molar-refractivity contribution in [3.05, 3.63) is 12.4 Å². The van der Waals surface area contributed by atoms with Crippen LogP contribution in [0.2, 0.25) is 0 Å². The summed E-state index contributed by atoms with van der Waals surface area (Å²) in [5, 5.41) is 9.50. The molecule has 0 spiro atoms. The van der Waals surface area contributed by atoms with Crippen LogP contribution in [0.5, 0.6) is 5.88 Å². The Morgan fingerprint density at radius 1 is 1.23 bits per heavy atom. The lowest BCUT2D eigenvalue weighted by molar-refractivity contribution is 0.153. The Hall–Kier alpha value is -1.40. The van der Waals surface area contributed by atoms with Crippen molar-refractivity contribution in [3.8, 4) is 5.88 Å². The fraction of sp³-hybridized carbons (Fsp3) is 0.750. The van der Waals surface area contributed by atoms with Crippen molar-refractivity contribution < 1.29 is 9.84 Å². The average molecular weight is 306 g/mol. The molecular weight excluding hydrogens is 280 g/mol. The summed E-state index contributed by atoms with van der Waals surface area (Å²) in [5.41, 5.74) is 0. The fourth-order valence-corrected chi connectivity index (χ4v) is 3.65. The number of aliphatic hydroxyl groups is 1. The second kappa shape index (κ2) is 7.24. The molecule has 22 heavy (non-hydrogen) atoms. The van der Waals surface area contributed by atoms with Crippen molar-refractivity contribution in [1.29, 1.82) is 0 Å². The van der Waals surface area contributed by atoms with E-state index in [4.69, 9.17) is 4.74 Å². The highest BCUT2D eigenvalue weighted by Crippen LogP contribution is 2.28. The maximum absolute atomic E-state index is 9.50. The Kier molecular flexibility index (Phi) is 5.10. The van der Waals surface area contributed by atoms with Gasteiger partial charge in [0.1, 0.15) is 12.1 Å². The zero-order valence-corrected chi connectivity index (χ0v) is 13.3. The molecule has 1 aromatic rings. The highest BCUT2D eigenvalue weighted by atomic mass is 16.5. The summed E-state index contributed by atoms with van der Waals surface area (Å²) in [6.07, 6.45) is 6.27. The van der Waals surface area contributed by atoms with Gasteiger partial charge in [0, 0.05) is 31.2 Å². The lowest BCUT2D eigenvalue weighted by Crippen LogP contribution is -2.43. The van der Waals surface area contributed by atoms with Crippen LogP contribution in [0.25, 0.3) is 0 Å². The van der Waals surface area contributed by atoms with Crippen molar-refractivity contribution in [3.63, 3.8) is 0 Å². The van der Waals surface area contributed by atoms with Crippen LogP contribution in [0.1, 0.15) is 32.6 Å². The number of rotatable bonds is 6. The van der Waals surface area contributed by atoms with E-state index in [1.54, 1.807) is 6.33 Å². The van der Waals surface area contributed by atoms with E-state index in [0.29, 0.717) is 24.6 Å². The number of likely N-dealkylation sites (tertiary alicyclic amines) is 1. The van der Waals surface area contributed by atoms with Crippen LogP contribution in [0.3, 0.4) is 0 Å². The quantitative estimate of drug-likeness (QED) is 0.855. The van der Waals surface area contributed by atoms with Crippen molar-refractivity contribution in [1.82, 2.24) is 14.9 Å². The topological polar surface area (TPSA) is 61.7 Å². The van der Waals surface area contributed by atoms with Crippen LogP contribution in [0.4, 0.5) is 5.82 Å². The summed E-state index contributed by atoms with van der Waals surface area (Å²) in [7, 11) is 0. The van der Waals surface area contributed by atoms with Gasteiger partial charge in [-0.25, -0.2) is 9.97 Å². The third-order valence-corrected chi connectivity index (χ3v) is 4.75. The summed E-state index contributed by atoms with van der Waals surface area (Å²) in [6.45, 7) is 6.00. The van der Waals surface area contributed by atoms with Gasteiger partial charge in [-0.05, 0) is 39.2 Å². The Bertz CT molecular complexity index is 485. The van der Waals surface area contributed by atoms with Gasteiger partial charge in [0.25, 0.3) is 0 Å². The molecule has 6 nitrogen and oxygen atoms in total. The molecule has 1 N–H and O–H groups in total. The molecule has 0 aliphatic carbocycles. The predicted octanol–water partition coefficient (Wildman–Crippen LogP) is 1.30. The van der Waals surface area contributed by atoms with E-state index in [1.807, 2.05) is 13.0 Å². The van der Waals surface area contributed by atoms with Gasteiger partial charge >= 0.3 is 0 Å². The molecule has 1 aromatic heterocycles. The minimum atomic E-state index is 0.273. The largest absolute Gasteiger partial charge is 0.478 e. The van der Waals surface area contributed by atoms with Gasteiger partial charge in [0.15, 0.2) is 0 Å². The van der Waals surface area contributed by atoms with Gasteiger partial charge < -0.3 is 14.7 Å². The van der Waals surface area contributed by atoms with Crippen molar-refractivity contribution in [2.24, 2.45) is 0 Å². The number of aliphatic hydroxyl groups excluding tert-OH is 1. The smallest absolute Gasteiger partial charge is 0.218 e. The first-order chi connectivity index (χ1) is 10.8. The van der Waals surface area contributed by atoms with Crippen LogP contribution in [0.15, 0.2) is 12.4 Å². The van der Waals surface area contributed by atoms with E-state index in [2.05, 4.69) is 19.8 Å². The summed E-state index contributed by atoms with van der Waals surface area (Å²) in [6, 6.07) is 2.75. The monoisotopic (exact) mass is 306 g/mol. The highest BCUT2D eigenvalue weighted by Gasteiger charge is 2.32. The number of aromatic nitrogens is 2. The number of hydrogen-bond acceptors (Lipinski definition) is 6. The zero-order chi connectivity index (χ0) is 15.4. The third-order valence-electron chi connectivity index (χ3n) is 4.75. The minimum absolute atomic E-state index is 0.273. The summed E-state index contributed by atoms with van der Waals surface area (Å²) in [5.74, 6) is 1.60. The molecule has 0 unspecified atom stereocenters. The maximum Gasteiger partial charge on any atom is 0.218 e. The Labute approximate surface area is 132 Å². The van der Waals surface area contributed by atoms with Crippen LogP contribution in [0, 0.1) is 0 Å². The first kappa shape index (κ1) is 15.5. The highest BCUT2D eigenvalue weighted by molar-refractivity contribution is 5.43. The third kappa shape index (κ3) is 3.33. The molecule has 3 heterocycles. The molecule has 2 aliphatic rings. The lowest BCUT2D eigenvalue weighted by Gasteiger charge is -2.31. The lowest BCUT2D eigenvalue weighted by atomic mass is 10.2. The molecule has 122 valence electrons. The molecular formula is C16H26N4O2. The van der Waals surface area contributed by atoms with E-state index >= 15 is 0 Å². The standard InChI is InChI=1S/C16H26N4O2/c1-2-22-16-9-15(17-12-18-16)20-8-4-5-13(20)10-19-7-3-6-14(19)11-21/h9,12-14,21H,2-8,10-11H2,1H3/t13-,14-/m1/s1. The zero-order valence-electron chi connectivity index (χ0n) is 13.3. The molecule has 0 bridgehead atoms. The van der Waals surface area contributed by atoms with Gasteiger partial charge in [-0.15, -0.1) is 0 Å². The molecule has 0 amide bonds. The van der Waals surface area contributed by atoms with Gasteiger partial charge in [0.2, 0.25) is 5.88 Å². The summed E-state index contributed by atoms with van der Waals surface area (Å²) < 4.78 is 5.49. The molecule has 2 atom stereocenters. The molecule has 2 fully saturated rings. The van der Waals surface area contributed by atoms with E-state index in [-0.39, 0.29) is 6.61 Å². The van der Waals surface area contributed by atoms with Crippen LogP contribution in [-0.2, 0) is 0 Å². The van der Waals surface area contributed by atoms with Crippen molar-refractivity contribution in [2.75, 3.05) is 37.7 Å². The van der Waals surface area contributed by atoms with Crippen molar-refractivity contribution in [2.45, 2.75) is 44.7 Å². The van der Waals surface area contributed by atoms with Crippen LogP contribution in [-0.4, -0.2) is 64.9 Å². The number of hydrogen-bond donors (Lipinski definition) is 1. The Balaban J connectivity index is 1.68. The van der Waals surface area contributed by atoms with Crippen LogP contribution < -0.4 is 9.64 Å². The Morgan fingerprint density at radius 2 is 2.05 bits per heavy atom. The first-order valence-electron chi connectivity index (χ1n) is 8.38. The van der Waals surface area contributed by atoms with Crippen LogP contribution >= 0.6 is 0 Å². The summed E-state index contributed by atoms with van der Waals surface area (Å²) >= 11 is 0. The summed E-state index contributed by atoms with van der Waals surface area (Å²) in [4.78, 5) is 13.4. The van der Waals surface area contributed by atoms with Gasteiger partial charge in [-0.1, -0.05) is 0 Å². The van der Waals surface area contributed by atoms with Crippen molar-refractivity contribution >= 4 is 5.82 Å². The van der Waals surface area contributed by atoms with E-state index in [1.165, 1.54) is 19.3 Å². The molecule has 2 aliphatic heterocycles. The molecule has 0 saturated carbocycles.